The van der Waals surface area contributed by atoms with Crippen molar-refractivity contribution in [3.8, 4) is 17.3 Å². The summed E-state index contributed by atoms with van der Waals surface area (Å²) in [5.41, 5.74) is 2.78. The molecule has 4 fully saturated rings. The minimum absolute atomic E-state index is 0.0166. The number of aromatic amines is 1. The van der Waals surface area contributed by atoms with Gasteiger partial charge in [-0.25, -0.2) is 13.2 Å². The number of aromatic nitrogens is 5. The Bertz CT molecular complexity index is 1920. The molecule has 9 nitrogen and oxygen atoms in total. The highest BCUT2D eigenvalue weighted by atomic mass is 32.1. The van der Waals surface area contributed by atoms with Gasteiger partial charge in [0.15, 0.2) is 0 Å². The molecular formula is C35H43F3N8OS. The number of hydrogen-bond donors (Lipinski definition) is 2. The highest BCUT2D eigenvalue weighted by molar-refractivity contribution is 7.26. The molecular weight excluding hydrogens is 638 g/mol. The van der Waals surface area contributed by atoms with E-state index in [0.717, 1.165) is 70.7 Å². The Morgan fingerprint density at radius 1 is 1.04 bits per heavy atom. The van der Waals surface area contributed by atoms with Crippen molar-refractivity contribution >= 4 is 48.4 Å². The molecule has 5 aromatic rings. The van der Waals surface area contributed by atoms with Crippen molar-refractivity contribution in [3.63, 3.8) is 0 Å². The summed E-state index contributed by atoms with van der Waals surface area (Å²) in [6.07, 6.45) is 4.14. The van der Waals surface area contributed by atoms with Crippen LogP contribution in [0, 0.1) is 13.8 Å². The van der Waals surface area contributed by atoms with Gasteiger partial charge in [0.2, 0.25) is 0 Å². The van der Waals surface area contributed by atoms with E-state index in [4.69, 9.17) is 9.72 Å². The minimum Gasteiger partial charge on any atom is -0.467 e. The number of alkyl halides is 3. The fraction of sp³-hybridized carbons (Fsp3) is 0.543. The second-order valence-electron chi connectivity index (χ2n) is 13.0. The number of H-pyrrole nitrogens is 1. The number of benzene rings is 1. The van der Waals surface area contributed by atoms with E-state index in [2.05, 4.69) is 35.3 Å². The van der Waals surface area contributed by atoms with E-state index in [-0.39, 0.29) is 5.56 Å². The van der Waals surface area contributed by atoms with Crippen molar-refractivity contribution in [1.29, 1.82) is 0 Å². The molecule has 0 amide bonds. The zero-order chi connectivity index (χ0) is 33.7. The zero-order valence-electron chi connectivity index (χ0n) is 28.1. The van der Waals surface area contributed by atoms with Crippen LogP contribution in [0.1, 0.15) is 69.2 Å². The van der Waals surface area contributed by atoms with Crippen LogP contribution in [0.25, 0.3) is 42.5 Å². The predicted molar refractivity (Wildman–Crippen MR) is 186 cm³/mol. The number of pyridine rings is 1. The Morgan fingerprint density at radius 3 is 2.52 bits per heavy atom. The molecule has 4 aliphatic heterocycles. The summed E-state index contributed by atoms with van der Waals surface area (Å²) >= 11 is 1.44. The number of nitrogens with one attached hydrogen (secondary N) is 2. The molecule has 8 heterocycles. The number of methoxy groups -OCH3 is 1. The lowest BCUT2D eigenvalue weighted by Gasteiger charge is -2.34. The maximum Gasteiger partial charge on any atom is 0.319 e. The summed E-state index contributed by atoms with van der Waals surface area (Å²) in [7, 11) is 1.56. The molecule has 0 radical (unpaired) electrons. The molecule has 4 saturated heterocycles. The van der Waals surface area contributed by atoms with Crippen LogP contribution in [0.2, 0.25) is 0 Å². The van der Waals surface area contributed by atoms with Crippen LogP contribution >= 0.6 is 11.3 Å². The second-order valence-corrected chi connectivity index (χ2v) is 14.0. The van der Waals surface area contributed by atoms with Gasteiger partial charge in [0, 0.05) is 71.5 Å². The Hall–Kier alpha value is -3.55. The Morgan fingerprint density at radius 2 is 1.81 bits per heavy atom. The van der Waals surface area contributed by atoms with Crippen LogP contribution in [0.5, 0.6) is 6.01 Å². The minimum atomic E-state index is -2.66. The third-order valence-electron chi connectivity index (χ3n) is 10.1. The fourth-order valence-corrected chi connectivity index (χ4v) is 9.22. The van der Waals surface area contributed by atoms with Gasteiger partial charge in [-0.05, 0) is 70.2 Å². The number of halogens is 3. The van der Waals surface area contributed by atoms with Crippen LogP contribution in [0.15, 0.2) is 18.3 Å². The molecule has 4 unspecified atom stereocenters. The van der Waals surface area contributed by atoms with Gasteiger partial charge in [-0.15, -0.1) is 11.3 Å². The number of aryl methyl sites for hydroxylation is 2. The highest BCUT2D eigenvalue weighted by Gasteiger charge is 2.36. The molecule has 9 rings (SSSR count). The number of nitrogens with zero attached hydrogens (tertiary/aromatic N) is 6. The molecule has 1 aromatic carbocycles. The van der Waals surface area contributed by atoms with Crippen molar-refractivity contribution < 1.29 is 17.9 Å². The first-order valence-corrected chi connectivity index (χ1v) is 17.9. The Balaban J connectivity index is 0.000000283. The molecule has 13 heteroatoms. The number of fused-ring (bicyclic) bond motifs is 7. The molecule has 48 heavy (non-hydrogen) atoms. The normalized spacial score (nSPS) is 23.5. The summed E-state index contributed by atoms with van der Waals surface area (Å²) in [6.45, 7) is 11.1. The van der Waals surface area contributed by atoms with E-state index in [0.29, 0.717) is 58.4 Å². The van der Waals surface area contributed by atoms with Crippen LogP contribution in [-0.4, -0.2) is 87.6 Å². The molecule has 2 N–H and O–H groups in total. The smallest absolute Gasteiger partial charge is 0.319 e. The predicted octanol–water partition coefficient (Wildman–Crippen LogP) is 7.51. The average molecular weight is 681 g/mol. The number of anilines is 1. The first-order chi connectivity index (χ1) is 23.3. The Kier molecular flexibility index (Phi) is 9.20. The lowest BCUT2D eigenvalue weighted by atomic mass is 9.94. The molecule has 0 aliphatic carbocycles. The monoisotopic (exact) mass is 680 g/mol. The van der Waals surface area contributed by atoms with Gasteiger partial charge < -0.3 is 15.0 Å². The van der Waals surface area contributed by atoms with Gasteiger partial charge in [-0.1, -0.05) is 13.8 Å². The lowest BCUT2D eigenvalue weighted by Crippen LogP contribution is -2.51. The largest absolute Gasteiger partial charge is 0.467 e. The summed E-state index contributed by atoms with van der Waals surface area (Å²) in [5.74, 6) is 0.826. The van der Waals surface area contributed by atoms with Gasteiger partial charge in [0.05, 0.1) is 28.4 Å². The van der Waals surface area contributed by atoms with Crippen molar-refractivity contribution in [3.05, 3.63) is 35.2 Å². The standard InChI is InChI=1S/C26H25F2N7OS.C7H12FN.C2H6/c1-11-8-16-18(12(2)33-34-16)20(17(11)23(27)28)21-22-15(6-7-29-21)19-24(31-26(36-3)32-25(19)37-22)35-9-13-4-5-14(10-35)30-13;8-6-4-7-2-1-3-9(7)5-6;1-2/h6-8,13-14,23,30H,4-5,9-10H2,1-3H3,(H,33,34);6-7H,1-5H2;1-2H3. The highest BCUT2D eigenvalue weighted by Crippen LogP contribution is 2.47. The topological polar surface area (TPSA) is 95.1 Å². The average Bonchev–Trinajstić information content (AvgIpc) is 3.90. The molecule has 0 spiro atoms. The van der Waals surface area contributed by atoms with Gasteiger partial charge in [0.25, 0.3) is 6.43 Å². The molecule has 2 bridgehead atoms. The first-order valence-electron chi connectivity index (χ1n) is 17.1. The number of rotatable bonds is 4. The van der Waals surface area contributed by atoms with Crippen LogP contribution in [0.3, 0.4) is 0 Å². The van der Waals surface area contributed by atoms with Crippen LogP contribution in [-0.2, 0) is 0 Å². The summed E-state index contributed by atoms with van der Waals surface area (Å²) in [6, 6.07) is 5.41. The van der Waals surface area contributed by atoms with Gasteiger partial charge in [-0.2, -0.15) is 15.1 Å². The third-order valence-corrected chi connectivity index (χ3v) is 11.2. The molecule has 256 valence electrons. The zero-order valence-corrected chi connectivity index (χ0v) is 28.9. The number of hydrogen-bond acceptors (Lipinski definition) is 9. The summed E-state index contributed by atoms with van der Waals surface area (Å²) < 4.78 is 47.9. The van der Waals surface area contributed by atoms with Crippen LogP contribution in [0.4, 0.5) is 19.0 Å². The number of thiophene rings is 1. The van der Waals surface area contributed by atoms with Gasteiger partial charge in [-0.3, -0.25) is 15.0 Å². The fourth-order valence-electron chi connectivity index (χ4n) is 8.07. The molecule has 4 aliphatic rings. The summed E-state index contributed by atoms with van der Waals surface area (Å²) in [4.78, 5) is 19.5. The van der Waals surface area contributed by atoms with E-state index in [9.17, 15) is 13.2 Å². The van der Waals surface area contributed by atoms with Crippen molar-refractivity contribution in [2.45, 2.75) is 90.5 Å². The SMILES string of the molecule is CC.COc1nc(N2CC3CCC(C2)N3)c2c(n1)sc1c(-c3c(C(F)F)c(C)cc4n[nH]c(C)c34)nccc12.FC1CC2CCCN2C1. The van der Waals surface area contributed by atoms with Crippen molar-refractivity contribution in [2.75, 3.05) is 38.2 Å². The van der Waals surface area contributed by atoms with Crippen molar-refractivity contribution in [2.24, 2.45) is 0 Å². The Labute approximate surface area is 282 Å². The lowest BCUT2D eigenvalue weighted by molar-refractivity contribution is 0.151. The maximum absolute atomic E-state index is 14.5. The number of piperazine rings is 1. The molecule has 4 aromatic heterocycles. The maximum atomic E-state index is 14.5. The molecule has 0 saturated carbocycles. The quantitative estimate of drug-likeness (QED) is 0.202. The summed E-state index contributed by atoms with van der Waals surface area (Å²) in [5, 5.41) is 13.5. The molecule has 4 atom stereocenters. The van der Waals surface area contributed by atoms with E-state index >= 15 is 0 Å². The van der Waals surface area contributed by atoms with Gasteiger partial charge >= 0.3 is 6.01 Å². The first kappa shape index (κ1) is 33.0. The van der Waals surface area contributed by atoms with Crippen molar-refractivity contribution in [1.82, 2.24) is 35.4 Å². The third kappa shape index (κ3) is 5.77. The second kappa shape index (κ2) is 13.4. The van der Waals surface area contributed by atoms with E-state index in [1.54, 1.807) is 26.3 Å². The van der Waals surface area contributed by atoms with E-state index in [1.165, 1.54) is 24.2 Å². The van der Waals surface area contributed by atoms with E-state index in [1.807, 2.05) is 26.8 Å². The number of ether oxygens (including phenoxy) is 1. The van der Waals surface area contributed by atoms with Gasteiger partial charge in [0.1, 0.15) is 16.8 Å². The van der Waals surface area contributed by atoms with Crippen LogP contribution < -0.4 is 15.0 Å². The van der Waals surface area contributed by atoms with E-state index < -0.39 is 12.6 Å².